The first kappa shape index (κ1) is 24.9. The van der Waals surface area contributed by atoms with Gasteiger partial charge in [-0.15, -0.1) is 12.4 Å². The van der Waals surface area contributed by atoms with Crippen molar-refractivity contribution < 1.29 is 4.79 Å². The van der Waals surface area contributed by atoms with Crippen LogP contribution in [-0.2, 0) is 6.54 Å². The zero-order valence-electron chi connectivity index (χ0n) is 17.5. The van der Waals surface area contributed by atoms with E-state index in [0.717, 1.165) is 32.4 Å². The van der Waals surface area contributed by atoms with E-state index in [2.05, 4.69) is 11.8 Å². The van der Waals surface area contributed by atoms with E-state index < -0.39 is 5.91 Å². The summed E-state index contributed by atoms with van der Waals surface area (Å²) in [6.45, 7) is 4.53. The van der Waals surface area contributed by atoms with Crippen molar-refractivity contribution in [2.45, 2.75) is 38.8 Å². The lowest BCUT2D eigenvalue weighted by atomic mass is 10.0. The third-order valence-corrected chi connectivity index (χ3v) is 6.79. The lowest BCUT2D eigenvalue weighted by Crippen LogP contribution is -2.43. The summed E-state index contributed by atoms with van der Waals surface area (Å²) in [7, 11) is 0. The fourth-order valence-corrected chi connectivity index (χ4v) is 5.22. The zero-order chi connectivity index (χ0) is 22.3. The highest BCUT2D eigenvalue weighted by atomic mass is 35.5. The molecule has 4 rings (SSSR count). The number of carbonyl (C=O) groups is 1. The van der Waals surface area contributed by atoms with Crippen molar-refractivity contribution >= 4 is 64.2 Å². The molecule has 1 aromatic heterocycles. The molecule has 2 N–H and O–H groups in total. The zero-order valence-corrected chi connectivity index (χ0v) is 20.6. The summed E-state index contributed by atoms with van der Waals surface area (Å²) in [6, 6.07) is 8.27. The fraction of sp³-hybridized carbons (Fsp3) is 0.364. The molecule has 1 saturated heterocycles. The summed E-state index contributed by atoms with van der Waals surface area (Å²) in [5.74, 6) is -0.604. The largest absolute Gasteiger partial charge is 0.366 e. The number of nitrogens with two attached hydrogens (primary N) is 1. The molecule has 10 heteroatoms. The first-order valence-corrected chi connectivity index (χ1v) is 11.4. The second-order valence-electron chi connectivity index (χ2n) is 7.79. The van der Waals surface area contributed by atoms with Crippen molar-refractivity contribution in [1.29, 1.82) is 0 Å². The van der Waals surface area contributed by atoms with Gasteiger partial charge in [0.1, 0.15) is 0 Å². The Balaban J connectivity index is 0.00000289. The van der Waals surface area contributed by atoms with Gasteiger partial charge in [0, 0.05) is 23.2 Å². The normalized spacial score (nSPS) is 16.8. The third-order valence-electron chi connectivity index (χ3n) is 5.96. The van der Waals surface area contributed by atoms with Crippen LogP contribution in [0.2, 0.25) is 15.1 Å². The number of nitrogens with zero attached hydrogens (tertiary/aromatic N) is 3. The number of halogens is 4. The number of carbonyl (C=O) groups excluding carboxylic acids is 1. The topological polar surface area (TPSA) is 73.3 Å². The number of piperidine rings is 1. The van der Waals surface area contributed by atoms with Crippen LogP contribution in [0.15, 0.2) is 35.1 Å². The van der Waals surface area contributed by atoms with Gasteiger partial charge in [-0.1, -0.05) is 48.1 Å². The van der Waals surface area contributed by atoms with Crippen molar-refractivity contribution in [1.82, 2.24) is 14.0 Å². The van der Waals surface area contributed by atoms with Crippen LogP contribution in [-0.4, -0.2) is 39.1 Å². The molecule has 1 amide bonds. The predicted molar refractivity (Wildman–Crippen MR) is 133 cm³/mol. The second kappa shape index (κ2) is 10.1. The number of aromatic nitrogens is 2. The Morgan fingerprint density at radius 1 is 1.12 bits per heavy atom. The number of likely N-dealkylation sites (N-methyl/N-ethyl adjacent to an activating group) is 1. The molecule has 1 aliphatic heterocycles. The van der Waals surface area contributed by atoms with Crippen molar-refractivity contribution in [3.63, 3.8) is 0 Å². The van der Waals surface area contributed by atoms with Crippen LogP contribution in [0.3, 0.4) is 0 Å². The second-order valence-corrected chi connectivity index (χ2v) is 9.04. The maximum atomic E-state index is 13.7. The number of fused-ring (bicyclic) bond motifs is 1. The minimum absolute atomic E-state index is 0. The van der Waals surface area contributed by atoms with E-state index in [-0.39, 0.29) is 34.7 Å². The quantitative estimate of drug-likeness (QED) is 0.508. The van der Waals surface area contributed by atoms with E-state index in [1.54, 1.807) is 28.8 Å². The molecule has 0 radical (unpaired) electrons. The Morgan fingerprint density at radius 3 is 2.53 bits per heavy atom. The van der Waals surface area contributed by atoms with E-state index in [4.69, 9.17) is 40.5 Å². The lowest BCUT2D eigenvalue weighted by Gasteiger charge is -2.35. The molecule has 0 bridgehead atoms. The smallest absolute Gasteiger partial charge is 0.333 e. The highest BCUT2D eigenvalue weighted by Crippen LogP contribution is 2.32. The van der Waals surface area contributed by atoms with E-state index in [1.807, 2.05) is 0 Å². The van der Waals surface area contributed by atoms with Gasteiger partial charge in [-0.3, -0.25) is 18.8 Å². The minimum atomic E-state index is -0.604. The number of primary amides is 1. The van der Waals surface area contributed by atoms with Gasteiger partial charge in [-0.05, 0) is 56.3 Å². The molecule has 32 heavy (non-hydrogen) atoms. The molecule has 172 valence electrons. The molecule has 1 aliphatic rings. The number of likely N-dealkylation sites (tertiary alicyclic amines) is 1. The first-order chi connectivity index (χ1) is 14.8. The van der Waals surface area contributed by atoms with Crippen molar-refractivity contribution in [2.75, 3.05) is 13.1 Å². The summed E-state index contributed by atoms with van der Waals surface area (Å²) < 4.78 is 3.16. The Bertz CT molecular complexity index is 1220. The number of rotatable bonds is 5. The van der Waals surface area contributed by atoms with Gasteiger partial charge in [0.15, 0.2) is 0 Å². The Hall–Kier alpha value is -1.70. The van der Waals surface area contributed by atoms with E-state index >= 15 is 0 Å². The monoisotopic (exact) mass is 516 g/mol. The number of hydrogen-bond acceptors (Lipinski definition) is 3. The number of benzene rings is 2. The molecule has 0 saturated carbocycles. The van der Waals surface area contributed by atoms with Gasteiger partial charge < -0.3 is 5.73 Å². The highest BCUT2D eigenvalue weighted by Gasteiger charge is 2.26. The molecular formula is C22H24Cl4N4O2. The van der Waals surface area contributed by atoms with Crippen LogP contribution < -0.4 is 11.4 Å². The van der Waals surface area contributed by atoms with Crippen molar-refractivity contribution in [3.8, 4) is 5.69 Å². The lowest BCUT2D eigenvalue weighted by molar-refractivity contribution is 0.100. The van der Waals surface area contributed by atoms with Gasteiger partial charge in [0.2, 0.25) is 5.91 Å². The maximum Gasteiger partial charge on any atom is 0.333 e. The molecule has 2 aromatic carbocycles. The first-order valence-electron chi connectivity index (χ1n) is 10.3. The van der Waals surface area contributed by atoms with E-state index in [0.29, 0.717) is 33.3 Å². The Kier molecular flexibility index (Phi) is 7.84. The van der Waals surface area contributed by atoms with Gasteiger partial charge in [0.05, 0.1) is 26.8 Å². The van der Waals surface area contributed by atoms with Gasteiger partial charge >= 0.3 is 5.69 Å². The number of hydrogen-bond donors (Lipinski definition) is 1. The molecule has 0 aliphatic carbocycles. The summed E-state index contributed by atoms with van der Waals surface area (Å²) in [4.78, 5) is 27.9. The molecule has 6 nitrogen and oxygen atoms in total. The van der Waals surface area contributed by atoms with Crippen LogP contribution in [0.4, 0.5) is 0 Å². The number of imidazole rings is 1. The van der Waals surface area contributed by atoms with Gasteiger partial charge in [-0.2, -0.15) is 0 Å². The molecule has 1 unspecified atom stereocenters. The van der Waals surface area contributed by atoms with Gasteiger partial charge in [0.25, 0.3) is 0 Å². The fourth-order valence-electron chi connectivity index (χ4n) is 4.43. The van der Waals surface area contributed by atoms with Crippen LogP contribution in [0.5, 0.6) is 0 Å². The van der Waals surface area contributed by atoms with Crippen molar-refractivity contribution in [3.05, 3.63) is 61.4 Å². The maximum absolute atomic E-state index is 13.7. The Morgan fingerprint density at radius 2 is 1.88 bits per heavy atom. The summed E-state index contributed by atoms with van der Waals surface area (Å²) in [5.41, 5.74) is 7.01. The van der Waals surface area contributed by atoms with E-state index in [1.165, 1.54) is 10.6 Å². The summed E-state index contributed by atoms with van der Waals surface area (Å²) in [5, 5.41) is 1.05. The SMILES string of the molecule is CCN1CCCCC1Cn1c(=O)n(-c2ccc(Cl)cc2Cl)c2c(Cl)cc(C(N)=O)cc21.Cl. The molecule has 2 heterocycles. The minimum Gasteiger partial charge on any atom is -0.366 e. The highest BCUT2D eigenvalue weighted by molar-refractivity contribution is 6.37. The van der Waals surface area contributed by atoms with Crippen LogP contribution >= 0.6 is 47.2 Å². The molecular weight excluding hydrogens is 494 g/mol. The summed E-state index contributed by atoms with van der Waals surface area (Å²) in [6.07, 6.45) is 3.27. The van der Waals surface area contributed by atoms with E-state index in [9.17, 15) is 9.59 Å². The average molecular weight is 518 g/mol. The molecule has 0 spiro atoms. The predicted octanol–water partition coefficient (Wildman–Crippen LogP) is 5.15. The van der Waals surface area contributed by atoms with Gasteiger partial charge in [-0.25, -0.2) is 4.79 Å². The standard InChI is InChI=1S/C22H23Cl3N4O2.ClH/c1-2-27-8-4-3-5-15(27)12-28-19-10-13(21(26)30)9-17(25)20(19)29(22(28)31)18-7-6-14(23)11-16(18)24;/h6-7,9-11,15H,2-5,8,12H2,1H3,(H2,26,30);1H. The molecule has 1 atom stereocenters. The van der Waals surface area contributed by atoms with Crippen molar-refractivity contribution in [2.24, 2.45) is 5.73 Å². The van der Waals surface area contributed by atoms with Crippen LogP contribution in [0, 0.1) is 0 Å². The molecule has 1 fully saturated rings. The van der Waals surface area contributed by atoms with Crippen LogP contribution in [0.25, 0.3) is 16.7 Å². The molecule has 3 aromatic rings. The van der Waals surface area contributed by atoms with Crippen LogP contribution in [0.1, 0.15) is 36.5 Å². The summed E-state index contributed by atoms with van der Waals surface area (Å²) >= 11 is 19.1. The number of amides is 1. The average Bonchev–Trinajstić information content (AvgIpc) is 3.00. The Labute approximate surface area is 207 Å². The third kappa shape index (κ3) is 4.52.